The fourth-order valence-corrected chi connectivity index (χ4v) is 4.43. The number of carboxylic acid groups (broad SMARTS) is 1. The Morgan fingerprint density at radius 3 is 2.56 bits per heavy atom. The van der Waals surface area contributed by atoms with Crippen LogP contribution in [0, 0.1) is 0 Å². The van der Waals surface area contributed by atoms with Gasteiger partial charge in [0.2, 0.25) is 5.91 Å². The molecule has 1 aromatic heterocycles. The van der Waals surface area contributed by atoms with E-state index in [1.165, 1.54) is 22.9 Å². The van der Waals surface area contributed by atoms with Crippen LogP contribution < -0.4 is 16.2 Å². The molecule has 4 rings (SSSR count). The second-order valence-corrected chi connectivity index (χ2v) is 8.93. The standard InChI is InChI=1S/C25H23F3N4O4/c1-24(12-20(33)34)11-19(21(35)31-17-8-3-2-4-9-17)32-22(36)18(14-30-23(24)32)29-13-15-6-5-7-16(10-15)25(26,27)28/h2-10,14,19,29H,11-13H2,1H3,(H,31,35)(H,33,34)/t19-,24+/m0/s1. The molecule has 11 heteroatoms. The van der Waals surface area contributed by atoms with E-state index >= 15 is 0 Å². The molecule has 1 aliphatic heterocycles. The van der Waals surface area contributed by atoms with Gasteiger partial charge in [-0.05, 0) is 36.2 Å². The summed E-state index contributed by atoms with van der Waals surface area (Å²) in [5.74, 6) is -1.45. The average molecular weight is 500 g/mol. The lowest BCUT2D eigenvalue weighted by Crippen LogP contribution is -2.33. The molecule has 2 heterocycles. The third kappa shape index (κ3) is 5.09. The van der Waals surface area contributed by atoms with Crippen molar-refractivity contribution in [3.8, 4) is 0 Å². The number of carboxylic acids is 1. The van der Waals surface area contributed by atoms with Gasteiger partial charge in [-0.15, -0.1) is 0 Å². The summed E-state index contributed by atoms with van der Waals surface area (Å²) >= 11 is 0. The Bertz CT molecular complexity index is 1360. The number of benzene rings is 2. The van der Waals surface area contributed by atoms with E-state index in [1.807, 2.05) is 0 Å². The Kier molecular flexibility index (Phi) is 6.57. The summed E-state index contributed by atoms with van der Waals surface area (Å²) in [5, 5.41) is 15.0. The smallest absolute Gasteiger partial charge is 0.416 e. The van der Waals surface area contributed by atoms with E-state index in [4.69, 9.17) is 0 Å². The molecule has 0 unspecified atom stereocenters. The van der Waals surface area contributed by atoms with Crippen LogP contribution in [0.15, 0.2) is 65.6 Å². The Balaban J connectivity index is 1.66. The molecule has 36 heavy (non-hydrogen) atoms. The zero-order valence-corrected chi connectivity index (χ0v) is 19.2. The molecule has 1 aliphatic rings. The fraction of sp³-hybridized carbons (Fsp3) is 0.280. The predicted octanol–water partition coefficient (Wildman–Crippen LogP) is 4.19. The van der Waals surface area contributed by atoms with Gasteiger partial charge in [0.05, 0.1) is 18.2 Å². The highest BCUT2D eigenvalue weighted by molar-refractivity contribution is 5.94. The van der Waals surface area contributed by atoms with Gasteiger partial charge in [0.25, 0.3) is 5.56 Å². The van der Waals surface area contributed by atoms with E-state index in [-0.39, 0.29) is 30.9 Å². The highest BCUT2D eigenvalue weighted by Gasteiger charge is 2.47. The second-order valence-electron chi connectivity index (χ2n) is 8.93. The molecular weight excluding hydrogens is 477 g/mol. The number of alkyl halides is 3. The molecule has 0 saturated heterocycles. The largest absolute Gasteiger partial charge is 0.481 e. The zero-order chi connectivity index (χ0) is 26.1. The maximum absolute atomic E-state index is 13.4. The first-order valence-electron chi connectivity index (χ1n) is 11.1. The molecule has 0 aliphatic carbocycles. The maximum Gasteiger partial charge on any atom is 0.416 e. The van der Waals surface area contributed by atoms with E-state index in [1.54, 1.807) is 37.3 Å². The van der Waals surface area contributed by atoms with Crippen molar-refractivity contribution in [2.24, 2.45) is 0 Å². The first kappa shape index (κ1) is 25.0. The number of rotatable bonds is 7. The summed E-state index contributed by atoms with van der Waals surface area (Å²) in [4.78, 5) is 42.4. The summed E-state index contributed by atoms with van der Waals surface area (Å²) in [5.41, 5.74) is -1.72. The molecule has 0 radical (unpaired) electrons. The van der Waals surface area contributed by atoms with Gasteiger partial charge in [0, 0.05) is 17.6 Å². The number of aromatic nitrogens is 2. The van der Waals surface area contributed by atoms with E-state index < -0.39 is 40.6 Å². The van der Waals surface area contributed by atoms with Crippen LogP contribution in [-0.4, -0.2) is 26.5 Å². The van der Waals surface area contributed by atoms with E-state index in [9.17, 15) is 32.7 Å². The lowest BCUT2D eigenvalue weighted by atomic mass is 9.83. The first-order valence-corrected chi connectivity index (χ1v) is 11.1. The van der Waals surface area contributed by atoms with Crippen molar-refractivity contribution in [2.75, 3.05) is 10.6 Å². The van der Waals surface area contributed by atoms with Gasteiger partial charge in [-0.25, -0.2) is 4.98 Å². The number of nitrogens with zero attached hydrogens (tertiary/aromatic N) is 2. The Morgan fingerprint density at radius 2 is 1.89 bits per heavy atom. The molecule has 188 valence electrons. The van der Waals surface area contributed by atoms with E-state index in [2.05, 4.69) is 15.6 Å². The molecule has 0 saturated carbocycles. The molecule has 0 fully saturated rings. The summed E-state index contributed by atoms with van der Waals surface area (Å²) in [6.07, 6.45) is -3.58. The van der Waals surface area contributed by atoms with Crippen LogP contribution in [0.2, 0.25) is 0 Å². The molecule has 1 amide bonds. The number of carbonyl (C=O) groups excluding carboxylic acids is 1. The van der Waals surface area contributed by atoms with Gasteiger partial charge in [-0.2, -0.15) is 13.2 Å². The lowest BCUT2D eigenvalue weighted by molar-refractivity contribution is -0.139. The van der Waals surface area contributed by atoms with Crippen molar-refractivity contribution in [3.63, 3.8) is 0 Å². The Labute approximate surface area is 203 Å². The fourth-order valence-electron chi connectivity index (χ4n) is 4.43. The third-order valence-corrected chi connectivity index (χ3v) is 6.11. The first-order chi connectivity index (χ1) is 17.0. The molecule has 2 aromatic carbocycles. The van der Waals surface area contributed by atoms with Crippen LogP contribution in [0.3, 0.4) is 0 Å². The van der Waals surface area contributed by atoms with Crippen molar-refractivity contribution >= 4 is 23.3 Å². The van der Waals surface area contributed by atoms with Gasteiger partial charge in [0.15, 0.2) is 0 Å². The van der Waals surface area contributed by atoms with Crippen LogP contribution >= 0.6 is 0 Å². The summed E-state index contributed by atoms with van der Waals surface area (Å²) in [6.45, 7) is 1.54. The topological polar surface area (TPSA) is 113 Å². The molecule has 0 spiro atoms. The number of halogens is 3. The molecular formula is C25H23F3N4O4. The zero-order valence-electron chi connectivity index (χ0n) is 19.2. The normalized spacial score (nSPS) is 18.9. The number of para-hydroxylation sites is 1. The SMILES string of the molecule is C[C@]1(CC(=O)O)C[C@@H](C(=O)Nc2ccccc2)n2c1ncc(NCc1cccc(C(F)(F)F)c1)c2=O. The van der Waals surface area contributed by atoms with Crippen molar-refractivity contribution in [3.05, 3.63) is 88.1 Å². The van der Waals surface area contributed by atoms with Crippen LogP contribution in [0.25, 0.3) is 0 Å². The van der Waals surface area contributed by atoms with Crippen LogP contribution in [0.4, 0.5) is 24.5 Å². The molecule has 0 bridgehead atoms. The maximum atomic E-state index is 13.4. The number of amides is 1. The third-order valence-electron chi connectivity index (χ3n) is 6.11. The number of carbonyl (C=O) groups is 2. The quantitative estimate of drug-likeness (QED) is 0.449. The molecule has 3 aromatic rings. The van der Waals surface area contributed by atoms with Crippen molar-refractivity contribution in [2.45, 2.75) is 43.9 Å². The highest BCUT2D eigenvalue weighted by atomic mass is 19.4. The Morgan fingerprint density at radius 1 is 1.17 bits per heavy atom. The minimum atomic E-state index is -4.50. The predicted molar refractivity (Wildman–Crippen MR) is 126 cm³/mol. The number of anilines is 2. The highest BCUT2D eigenvalue weighted by Crippen LogP contribution is 2.42. The molecule has 8 nitrogen and oxygen atoms in total. The molecule has 2 atom stereocenters. The van der Waals surface area contributed by atoms with Crippen LogP contribution in [0.5, 0.6) is 0 Å². The summed E-state index contributed by atoms with van der Waals surface area (Å²) < 4.78 is 40.2. The van der Waals surface area contributed by atoms with Gasteiger partial charge < -0.3 is 15.7 Å². The number of fused-ring (bicyclic) bond motifs is 1. The van der Waals surface area contributed by atoms with Crippen molar-refractivity contribution < 1.29 is 27.9 Å². The van der Waals surface area contributed by atoms with Gasteiger partial charge in [0.1, 0.15) is 17.6 Å². The number of nitrogens with one attached hydrogen (secondary N) is 2. The average Bonchev–Trinajstić information content (AvgIpc) is 3.11. The van der Waals surface area contributed by atoms with Crippen molar-refractivity contribution in [1.29, 1.82) is 0 Å². The molecule has 3 N–H and O–H groups in total. The van der Waals surface area contributed by atoms with Gasteiger partial charge >= 0.3 is 12.1 Å². The summed E-state index contributed by atoms with van der Waals surface area (Å²) in [7, 11) is 0. The minimum Gasteiger partial charge on any atom is -0.481 e. The lowest BCUT2D eigenvalue weighted by Gasteiger charge is -2.20. The van der Waals surface area contributed by atoms with E-state index in [0.717, 1.165) is 12.1 Å². The van der Waals surface area contributed by atoms with E-state index in [0.29, 0.717) is 11.3 Å². The van der Waals surface area contributed by atoms with Crippen LogP contribution in [0.1, 0.15) is 42.8 Å². The Hall–Kier alpha value is -4.15. The summed E-state index contributed by atoms with van der Waals surface area (Å²) in [6, 6.07) is 12.3. The van der Waals surface area contributed by atoms with Crippen molar-refractivity contribution in [1.82, 2.24) is 9.55 Å². The number of aliphatic carboxylic acids is 1. The minimum absolute atomic E-state index is 0.0201. The van der Waals surface area contributed by atoms with Gasteiger partial charge in [-0.3, -0.25) is 19.0 Å². The second kappa shape index (κ2) is 9.48. The van der Waals surface area contributed by atoms with Gasteiger partial charge in [-0.1, -0.05) is 37.3 Å². The monoisotopic (exact) mass is 500 g/mol. The number of hydrogen-bond acceptors (Lipinski definition) is 5. The number of hydrogen-bond donors (Lipinski definition) is 3. The van der Waals surface area contributed by atoms with Crippen LogP contribution in [-0.2, 0) is 27.7 Å².